The van der Waals surface area contributed by atoms with Gasteiger partial charge in [0, 0.05) is 11.6 Å². The number of rotatable bonds is 1. The van der Waals surface area contributed by atoms with E-state index in [1.807, 2.05) is 0 Å². The Morgan fingerprint density at radius 1 is 1.35 bits per heavy atom. The topological polar surface area (TPSA) is 62.8 Å². The number of nitrogens with zero attached hydrogens (tertiary/aromatic N) is 1. The molecule has 17 heavy (non-hydrogen) atoms. The highest BCUT2D eigenvalue weighted by atomic mass is 32.2. The molecule has 0 saturated carbocycles. The Kier molecular flexibility index (Phi) is 2.54. The van der Waals surface area contributed by atoms with Gasteiger partial charge in [-0.1, -0.05) is 6.92 Å². The molecule has 2 unspecified atom stereocenters. The summed E-state index contributed by atoms with van der Waals surface area (Å²) >= 11 is 0. The van der Waals surface area contributed by atoms with E-state index >= 15 is 0 Å². The highest BCUT2D eigenvalue weighted by molar-refractivity contribution is 7.91. The van der Waals surface area contributed by atoms with Crippen molar-refractivity contribution in [2.75, 3.05) is 11.5 Å². The molecule has 2 atom stereocenters. The lowest BCUT2D eigenvalue weighted by Gasteiger charge is -2.15. The molecule has 1 aliphatic heterocycles. The van der Waals surface area contributed by atoms with Gasteiger partial charge in [-0.25, -0.2) is 13.4 Å². The average Bonchev–Trinajstić information content (AvgIpc) is 2.80. The lowest BCUT2D eigenvalue weighted by molar-refractivity contribution is 0.492. The predicted molar refractivity (Wildman–Crippen MR) is 65.8 cm³/mol. The minimum Gasteiger partial charge on any atom is -0.345 e. The molecule has 94 valence electrons. The summed E-state index contributed by atoms with van der Waals surface area (Å²) < 4.78 is 22.9. The Labute approximate surface area is 102 Å². The molecular formula is C12H18N2O2S. The minimum atomic E-state index is -2.82. The molecular weight excluding hydrogens is 236 g/mol. The largest absolute Gasteiger partial charge is 0.345 e. The predicted octanol–water partition coefficient (Wildman–Crippen LogP) is 1.44. The van der Waals surface area contributed by atoms with Crippen molar-refractivity contribution in [2.24, 2.45) is 5.92 Å². The van der Waals surface area contributed by atoms with E-state index in [2.05, 4.69) is 16.9 Å². The van der Waals surface area contributed by atoms with Gasteiger partial charge in [0.15, 0.2) is 9.84 Å². The number of imidazole rings is 1. The van der Waals surface area contributed by atoms with Crippen molar-refractivity contribution < 1.29 is 8.42 Å². The molecule has 2 aliphatic rings. The van der Waals surface area contributed by atoms with Crippen LogP contribution in [0.4, 0.5) is 0 Å². The van der Waals surface area contributed by atoms with Gasteiger partial charge in [0.25, 0.3) is 0 Å². The number of sulfone groups is 1. The van der Waals surface area contributed by atoms with Crippen LogP contribution in [-0.4, -0.2) is 29.9 Å². The molecule has 5 heteroatoms. The second-order valence-electron chi connectivity index (χ2n) is 5.50. The minimum absolute atomic E-state index is 0.0981. The maximum atomic E-state index is 11.5. The third-order valence-electron chi connectivity index (χ3n) is 3.93. The fourth-order valence-electron chi connectivity index (χ4n) is 2.88. The van der Waals surface area contributed by atoms with Crippen LogP contribution in [0.5, 0.6) is 0 Å². The lowest BCUT2D eigenvalue weighted by Crippen LogP contribution is -2.10. The number of aromatic nitrogens is 2. The van der Waals surface area contributed by atoms with Gasteiger partial charge in [-0.05, 0) is 31.6 Å². The second-order valence-corrected chi connectivity index (χ2v) is 7.72. The fourth-order valence-corrected chi connectivity index (χ4v) is 4.63. The third kappa shape index (κ3) is 2.12. The standard InChI is InChI=1S/C12H18N2O2S/c1-8-2-3-10-11(6-8)14-12(13-10)9-4-5-17(15,16)7-9/h8-9H,2-7H2,1H3,(H,13,14). The summed E-state index contributed by atoms with van der Waals surface area (Å²) in [5, 5.41) is 0. The van der Waals surface area contributed by atoms with Gasteiger partial charge in [0.05, 0.1) is 17.2 Å². The van der Waals surface area contributed by atoms with Crippen molar-refractivity contribution in [2.45, 2.75) is 38.5 Å². The number of hydrogen-bond donors (Lipinski definition) is 1. The Morgan fingerprint density at radius 2 is 2.18 bits per heavy atom. The van der Waals surface area contributed by atoms with Crippen molar-refractivity contribution in [1.29, 1.82) is 0 Å². The monoisotopic (exact) mass is 254 g/mol. The SMILES string of the molecule is CC1CCc2nc(C3CCS(=O)(=O)C3)[nH]c2C1. The molecule has 0 radical (unpaired) electrons. The Hall–Kier alpha value is -0.840. The molecule has 3 rings (SSSR count). The fraction of sp³-hybridized carbons (Fsp3) is 0.750. The van der Waals surface area contributed by atoms with E-state index in [1.165, 1.54) is 17.8 Å². The van der Waals surface area contributed by atoms with Gasteiger partial charge >= 0.3 is 0 Å². The highest BCUT2D eigenvalue weighted by Crippen LogP contribution is 2.30. The maximum Gasteiger partial charge on any atom is 0.151 e. The summed E-state index contributed by atoms with van der Waals surface area (Å²) in [7, 11) is -2.82. The maximum absolute atomic E-state index is 11.5. The molecule has 1 aromatic rings. The molecule has 0 aromatic carbocycles. The van der Waals surface area contributed by atoms with Crippen LogP contribution in [0.1, 0.15) is 42.9 Å². The first kappa shape index (κ1) is 11.3. The van der Waals surface area contributed by atoms with Crippen LogP contribution in [0.2, 0.25) is 0 Å². The first-order chi connectivity index (χ1) is 8.03. The molecule has 1 N–H and O–H groups in total. The lowest BCUT2D eigenvalue weighted by atomic mass is 9.92. The number of hydrogen-bond acceptors (Lipinski definition) is 3. The number of nitrogens with one attached hydrogen (secondary N) is 1. The number of H-pyrrole nitrogens is 1. The van der Waals surface area contributed by atoms with Gasteiger partial charge in [-0.2, -0.15) is 0 Å². The Bertz CT molecular complexity index is 533. The Balaban J connectivity index is 1.86. The van der Waals surface area contributed by atoms with Crippen LogP contribution in [0.25, 0.3) is 0 Å². The summed E-state index contributed by atoms with van der Waals surface area (Å²) in [5.41, 5.74) is 2.41. The average molecular weight is 254 g/mol. The molecule has 1 fully saturated rings. The number of fused-ring (bicyclic) bond motifs is 1. The summed E-state index contributed by atoms with van der Waals surface area (Å²) in [6.45, 7) is 2.25. The number of aryl methyl sites for hydroxylation is 1. The van der Waals surface area contributed by atoms with Crippen molar-refractivity contribution in [3.63, 3.8) is 0 Å². The molecule has 0 bridgehead atoms. The summed E-state index contributed by atoms with van der Waals surface area (Å²) in [6, 6.07) is 0. The van der Waals surface area contributed by atoms with E-state index in [4.69, 9.17) is 0 Å². The van der Waals surface area contributed by atoms with Crippen LogP contribution in [0, 0.1) is 5.92 Å². The van der Waals surface area contributed by atoms with Gasteiger partial charge in [-0.3, -0.25) is 0 Å². The van der Waals surface area contributed by atoms with Crippen molar-refractivity contribution in [3.8, 4) is 0 Å². The van der Waals surface area contributed by atoms with E-state index in [-0.39, 0.29) is 11.7 Å². The normalized spacial score (nSPS) is 31.4. The quantitative estimate of drug-likeness (QED) is 0.824. The summed E-state index contributed by atoms with van der Waals surface area (Å²) in [4.78, 5) is 7.98. The van der Waals surface area contributed by atoms with Crippen LogP contribution in [0.15, 0.2) is 0 Å². The number of aromatic amines is 1. The highest BCUT2D eigenvalue weighted by Gasteiger charge is 2.32. The van der Waals surface area contributed by atoms with Crippen molar-refractivity contribution in [3.05, 3.63) is 17.2 Å². The van der Waals surface area contributed by atoms with E-state index < -0.39 is 9.84 Å². The van der Waals surface area contributed by atoms with E-state index in [1.54, 1.807) is 0 Å². The third-order valence-corrected chi connectivity index (χ3v) is 5.70. The van der Waals surface area contributed by atoms with Crippen LogP contribution in [0.3, 0.4) is 0 Å². The van der Waals surface area contributed by atoms with E-state index in [0.29, 0.717) is 11.7 Å². The van der Waals surface area contributed by atoms with E-state index in [9.17, 15) is 8.42 Å². The zero-order valence-corrected chi connectivity index (χ0v) is 10.9. The molecule has 4 nitrogen and oxygen atoms in total. The van der Waals surface area contributed by atoms with Crippen molar-refractivity contribution >= 4 is 9.84 Å². The second kappa shape index (κ2) is 3.83. The first-order valence-electron chi connectivity index (χ1n) is 6.31. The van der Waals surface area contributed by atoms with Gasteiger partial charge < -0.3 is 4.98 Å². The van der Waals surface area contributed by atoms with Gasteiger partial charge in [0.2, 0.25) is 0 Å². The van der Waals surface area contributed by atoms with Crippen LogP contribution in [-0.2, 0) is 22.7 Å². The smallest absolute Gasteiger partial charge is 0.151 e. The molecule has 1 aromatic heterocycles. The van der Waals surface area contributed by atoms with Crippen molar-refractivity contribution in [1.82, 2.24) is 9.97 Å². The molecule has 2 heterocycles. The molecule has 1 saturated heterocycles. The molecule has 0 spiro atoms. The Morgan fingerprint density at radius 3 is 2.88 bits per heavy atom. The summed E-state index contributed by atoms with van der Waals surface area (Å²) in [5.74, 6) is 2.31. The van der Waals surface area contributed by atoms with E-state index in [0.717, 1.165) is 25.1 Å². The zero-order valence-electron chi connectivity index (χ0n) is 10.1. The van der Waals surface area contributed by atoms with Crippen LogP contribution >= 0.6 is 0 Å². The van der Waals surface area contributed by atoms with Crippen LogP contribution < -0.4 is 0 Å². The molecule has 0 amide bonds. The van der Waals surface area contributed by atoms with Gasteiger partial charge in [0.1, 0.15) is 5.82 Å². The summed E-state index contributed by atoms with van der Waals surface area (Å²) in [6.07, 6.45) is 4.01. The molecule has 1 aliphatic carbocycles. The zero-order chi connectivity index (χ0) is 12.0. The first-order valence-corrected chi connectivity index (χ1v) is 8.14. The van der Waals surface area contributed by atoms with Gasteiger partial charge in [-0.15, -0.1) is 0 Å².